The molecule has 2 rings (SSSR count). The van der Waals surface area contributed by atoms with E-state index >= 15 is 0 Å². The third kappa shape index (κ3) is 2.26. The molecule has 15 heavy (non-hydrogen) atoms. The van der Waals surface area contributed by atoms with Crippen molar-refractivity contribution in [2.24, 2.45) is 5.73 Å². The summed E-state index contributed by atoms with van der Waals surface area (Å²) < 4.78 is 11.6. The quantitative estimate of drug-likeness (QED) is 0.919. The van der Waals surface area contributed by atoms with Crippen LogP contribution in [0.4, 0.5) is 0 Å². The molecule has 82 valence electrons. The van der Waals surface area contributed by atoms with E-state index in [0.717, 1.165) is 28.8 Å². The molecule has 0 fully saturated rings. The summed E-state index contributed by atoms with van der Waals surface area (Å²) in [6.07, 6.45) is 1.83. The van der Waals surface area contributed by atoms with Gasteiger partial charge < -0.3 is 15.2 Å². The highest BCUT2D eigenvalue weighted by molar-refractivity contribution is 9.10. The molecule has 0 saturated heterocycles. The summed E-state index contributed by atoms with van der Waals surface area (Å²) in [6, 6.07) is 4.14. The molecule has 0 amide bonds. The van der Waals surface area contributed by atoms with Gasteiger partial charge in [0, 0.05) is 10.5 Å². The molecule has 0 aliphatic carbocycles. The number of hydrogen-bond donors (Lipinski definition) is 1. The van der Waals surface area contributed by atoms with Crippen molar-refractivity contribution in [2.45, 2.75) is 25.8 Å². The minimum atomic E-state index is 0.196. The topological polar surface area (TPSA) is 44.5 Å². The van der Waals surface area contributed by atoms with Crippen LogP contribution >= 0.6 is 15.9 Å². The molecule has 1 aromatic rings. The molecule has 4 heteroatoms. The number of nitrogens with two attached hydrogens (primary N) is 1. The van der Waals surface area contributed by atoms with Crippen LogP contribution in [-0.4, -0.2) is 12.8 Å². The average molecular weight is 272 g/mol. The summed E-state index contributed by atoms with van der Waals surface area (Å²) in [7, 11) is 0. The van der Waals surface area contributed by atoms with Crippen molar-refractivity contribution in [3.05, 3.63) is 22.2 Å². The second-order valence-electron chi connectivity index (χ2n) is 3.67. The molecule has 0 spiro atoms. The lowest BCUT2D eigenvalue weighted by molar-refractivity contribution is 0.174. The normalized spacial score (nSPS) is 15.4. The fourth-order valence-corrected chi connectivity index (χ4v) is 2.03. The van der Waals surface area contributed by atoms with Gasteiger partial charge in [0.1, 0.15) is 0 Å². The molecular weight excluding hydrogens is 258 g/mol. The van der Waals surface area contributed by atoms with Crippen molar-refractivity contribution in [1.82, 2.24) is 0 Å². The fourth-order valence-electron chi connectivity index (χ4n) is 1.54. The molecular formula is C11H14BrNO2. The molecule has 1 unspecified atom stereocenters. The van der Waals surface area contributed by atoms with E-state index in [0.29, 0.717) is 6.79 Å². The Morgan fingerprint density at radius 1 is 1.40 bits per heavy atom. The summed E-state index contributed by atoms with van der Waals surface area (Å²) in [5, 5.41) is 0. The van der Waals surface area contributed by atoms with E-state index < -0.39 is 0 Å². The van der Waals surface area contributed by atoms with E-state index in [4.69, 9.17) is 15.2 Å². The van der Waals surface area contributed by atoms with E-state index in [-0.39, 0.29) is 6.04 Å². The molecule has 1 aromatic carbocycles. The Bertz CT molecular complexity index is 368. The number of rotatable bonds is 3. The van der Waals surface area contributed by atoms with Crippen molar-refractivity contribution < 1.29 is 9.47 Å². The lowest BCUT2D eigenvalue weighted by atomic mass is 10.0. The number of hydrogen-bond acceptors (Lipinski definition) is 3. The standard InChI is InChI=1S/C11H14BrNO2/c1-2-8(13)3-7-4-10-11(5-9(7)12)15-6-14-10/h4-5,8H,2-3,6,13H2,1H3. The van der Waals surface area contributed by atoms with Gasteiger partial charge >= 0.3 is 0 Å². The van der Waals surface area contributed by atoms with E-state index in [1.807, 2.05) is 12.1 Å². The van der Waals surface area contributed by atoms with Gasteiger partial charge in [0.05, 0.1) is 0 Å². The van der Waals surface area contributed by atoms with Crippen molar-refractivity contribution in [3.8, 4) is 11.5 Å². The Balaban J connectivity index is 2.24. The fraction of sp³-hybridized carbons (Fsp3) is 0.455. The second-order valence-corrected chi connectivity index (χ2v) is 4.52. The zero-order valence-corrected chi connectivity index (χ0v) is 10.2. The van der Waals surface area contributed by atoms with Gasteiger partial charge in [-0.3, -0.25) is 0 Å². The van der Waals surface area contributed by atoms with Crippen LogP contribution in [0.15, 0.2) is 16.6 Å². The molecule has 0 saturated carbocycles. The van der Waals surface area contributed by atoms with Crippen LogP contribution in [0.25, 0.3) is 0 Å². The summed E-state index contributed by atoms with van der Waals surface area (Å²) in [6.45, 7) is 2.40. The average Bonchev–Trinajstić information content (AvgIpc) is 2.65. The highest BCUT2D eigenvalue weighted by Crippen LogP contribution is 2.37. The lowest BCUT2D eigenvalue weighted by Gasteiger charge is -2.11. The molecule has 1 heterocycles. The molecule has 0 radical (unpaired) electrons. The Hall–Kier alpha value is -0.740. The van der Waals surface area contributed by atoms with Gasteiger partial charge in [0.2, 0.25) is 6.79 Å². The predicted molar refractivity (Wildman–Crippen MR) is 62.2 cm³/mol. The number of fused-ring (bicyclic) bond motifs is 1. The van der Waals surface area contributed by atoms with Crippen LogP contribution in [0.3, 0.4) is 0 Å². The van der Waals surface area contributed by atoms with Crippen molar-refractivity contribution in [1.29, 1.82) is 0 Å². The smallest absolute Gasteiger partial charge is 0.231 e. The summed E-state index contributed by atoms with van der Waals surface area (Å²) in [4.78, 5) is 0. The van der Waals surface area contributed by atoms with Gasteiger partial charge in [-0.1, -0.05) is 22.9 Å². The summed E-state index contributed by atoms with van der Waals surface area (Å²) >= 11 is 3.52. The number of ether oxygens (including phenoxy) is 2. The van der Waals surface area contributed by atoms with Gasteiger partial charge in [-0.05, 0) is 30.5 Å². The van der Waals surface area contributed by atoms with E-state index in [1.54, 1.807) is 0 Å². The van der Waals surface area contributed by atoms with Crippen LogP contribution in [0.2, 0.25) is 0 Å². The first-order valence-electron chi connectivity index (χ1n) is 5.04. The molecule has 1 aliphatic heterocycles. The molecule has 0 aromatic heterocycles. The largest absolute Gasteiger partial charge is 0.454 e. The molecule has 0 bridgehead atoms. The first-order chi connectivity index (χ1) is 7.20. The van der Waals surface area contributed by atoms with Crippen molar-refractivity contribution in [3.63, 3.8) is 0 Å². The van der Waals surface area contributed by atoms with E-state index in [2.05, 4.69) is 22.9 Å². The van der Waals surface area contributed by atoms with Gasteiger partial charge in [-0.15, -0.1) is 0 Å². The Labute approximate surface area is 97.7 Å². The Morgan fingerprint density at radius 2 is 2.07 bits per heavy atom. The molecule has 1 atom stereocenters. The third-order valence-corrected chi connectivity index (χ3v) is 3.29. The van der Waals surface area contributed by atoms with Crippen LogP contribution < -0.4 is 15.2 Å². The van der Waals surface area contributed by atoms with Crippen LogP contribution in [0.1, 0.15) is 18.9 Å². The first-order valence-corrected chi connectivity index (χ1v) is 5.83. The molecule has 1 aliphatic rings. The first kappa shape index (κ1) is 10.8. The maximum Gasteiger partial charge on any atom is 0.231 e. The Kier molecular flexibility index (Phi) is 3.17. The van der Waals surface area contributed by atoms with Crippen LogP contribution in [0.5, 0.6) is 11.5 Å². The minimum absolute atomic E-state index is 0.196. The zero-order chi connectivity index (χ0) is 10.8. The maximum atomic E-state index is 5.93. The Morgan fingerprint density at radius 3 is 2.73 bits per heavy atom. The minimum Gasteiger partial charge on any atom is -0.454 e. The molecule has 3 nitrogen and oxygen atoms in total. The van der Waals surface area contributed by atoms with E-state index in [9.17, 15) is 0 Å². The highest BCUT2D eigenvalue weighted by atomic mass is 79.9. The van der Waals surface area contributed by atoms with Crippen molar-refractivity contribution >= 4 is 15.9 Å². The summed E-state index contributed by atoms with van der Waals surface area (Å²) in [5.74, 6) is 1.62. The van der Waals surface area contributed by atoms with Gasteiger partial charge in [0.15, 0.2) is 11.5 Å². The van der Waals surface area contributed by atoms with Gasteiger partial charge in [-0.25, -0.2) is 0 Å². The monoisotopic (exact) mass is 271 g/mol. The number of halogens is 1. The third-order valence-electron chi connectivity index (χ3n) is 2.55. The lowest BCUT2D eigenvalue weighted by Crippen LogP contribution is -2.21. The molecule has 2 N–H and O–H groups in total. The SMILES string of the molecule is CCC(N)Cc1cc2c(cc1Br)OCO2. The second kappa shape index (κ2) is 4.41. The van der Waals surface area contributed by atoms with E-state index in [1.165, 1.54) is 5.56 Å². The van der Waals surface area contributed by atoms with Crippen LogP contribution in [0, 0.1) is 0 Å². The highest BCUT2D eigenvalue weighted by Gasteiger charge is 2.16. The predicted octanol–water partition coefficient (Wildman–Crippen LogP) is 2.46. The summed E-state index contributed by atoms with van der Waals surface area (Å²) in [5.41, 5.74) is 7.10. The maximum absolute atomic E-state index is 5.93. The van der Waals surface area contributed by atoms with Crippen molar-refractivity contribution in [2.75, 3.05) is 6.79 Å². The van der Waals surface area contributed by atoms with Gasteiger partial charge in [-0.2, -0.15) is 0 Å². The van der Waals surface area contributed by atoms with Crippen LogP contribution in [-0.2, 0) is 6.42 Å². The number of benzene rings is 1. The van der Waals surface area contributed by atoms with Gasteiger partial charge in [0.25, 0.3) is 0 Å². The zero-order valence-electron chi connectivity index (χ0n) is 8.63.